The summed E-state index contributed by atoms with van der Waals surface area (Å²) in [5, 5.41) is 0. The van der Waals surface area contributed by atoms with Gasteiger partial charge in [0.05, 0.1) is 26.0 Å². The third kappa shape index (κ3) is 4.60. The standard InChI is InChI=1S/C14H19NO6S/c1-3-19-14(16)15-8-9-20-13(10-15)11-4-6-12(7-5-11)21-22(2,17)18/h4-7,13H,3,8-10H2,1-2H3/t13-/m0/s1. The number of hydrogen-bond acceptors (Lipinski definition) is 6. The van der Waals surface area contributed by atoms with E-state index in [1.165, 1.54) is 0 Å². The van der Waals surface area contributed by atoms with E-state index in [2.05, 4.69) is 0 Å². The molecule has 2 rings (SSSR count). The molecule has 1 fully saturated rings. The van der Waals surface area contributed by atoms with E-state index in [1.807, 2.05) is 0 Å². The molecule has 1 saturated heterocycles. The Morgan fingerprint density at radius 2 is 2.05 bits per heavy atom. The summed E-state index contributed by atoms with van der Waals surface area (Å²) in [4.78, 5) is 13.3. The van der Waals surface area contributed by atoms with Crippen LogP contribution in [0.5, 0.6) is 5.75 Å². The molecule has 0 spiro atoms. The molecular weight excluding hydrogens is 310 g/mol. The van der Waals surface area contributed by atoms with E-state index in [0.29, 0.717) is 26.3 Å². The Bertz CT molecular complexity index is 613. The summed E-state index contributed by atoms with van der Waals surface area (Å²) in [5.74, 6) is 0.240. The molecule has 1 aliphatic rings. The molecule has 1 aliphatic heterocycles. The summed E-state index contributed by atoms with van der Waals surface area (Å²) < 4.78 is 37.5. The van der Waals surface area contributed by atoms with Crippen LogP contribution >= 0.6 is 0 Å². The molecule has 1 atom stereocenters. The first-order valence-corrected chi connectivity index (χ1v) is 8.73. The average Bonchev–Trinajstić information content (AvgIpc) is 2.47. The monoisotopic (exact) mass is 329 g/mol. The molecule has 8 heteroatoms. The summed E-state index contributed by atoms with van der Waals surface area (Å²) in [7, 11) is -3.54. The molecular formula is C14H19NO6S. The molecule has 1 heterocycles. The fourth-order valence-corrected chi connectivity index (χ4v) is 2.61. The van der Waals surface area contributed by atoms with Crippen LogP contribution in [0.1, 0.15) is 18.6 Å². The molecule has 0 N–H and O–H groups in total. The van der Waals surface area contributed by atoms with Crippen LogP contribution in [0.2, 0.25) is 0 Å². The Hall–Kier alpha value is -1.80. The number of ether oxygens (including phenoxy) is 2. The first-order chi connectivity index (χ1) is 10.4. The number of rotatable bonds is 4. The molecule has 22 heavy (non-hydrogen) atoms. The van der Waals surface area contributed by atoms with Crippen LogP contribution < -0.4 is 4.18 Å². The fraction of sp³-hybridized carbons (Fsp3) is 0.500. The zero-order valence-corrected chi connectivity index (χ0v) is 13.3. The highest BCUT2D eigenvalue weighted by molar-refractivity contribution is 7.86. The van der Waals surface area contributed by atoms with Gasteiger partial charge in [-0.3, -0.25) is 0 Å². The molecule has 0 saturated carbocycles. The van der Waals surface area contributed by atoms with Crippen molar-refractivity contribution in [3.63, 3.8) is 0 Å². The smallest absolute Gasteiger partial charge is 0.409 e. The Morgan fingerprint density at radius 3 is 2.64 bits per heavy atom. The summed E-state index contributed by atoms with van der Waals surface area (Å²) in [5.41, 5.74) is 0.842. The van der Waals surface area contributed by atoms with E-state index in [1.54, 1.807) is 36.1 Å². The van der Waals surface area contributed by atoms with Crippen LogP contribution in [0, 0.1) is 0 Å². The number of amides is 1. The maximum Gasteiger partial charge on any atom is 0.409 e. The number of hydrogen-bond donors (Lipinski definition) is 0. The average molecular weight is 329 g/mol. The van der Waals surface area contributed by atoms with Gasteiger partial charge in [-0.2, -0.15) is 8.42 Å². The topological polar surface area (TPSA) is 82.1 Å². The zero-order valence-electron chi connectivity index (χ0n) is 12.5. The highest BCUT2D eigenvalue weighted by Crippen LogP contribution is 2.25. The summed E-state index contributed by atoms with van der Waals surface area (Å²) in [6.45, 7) is 3.40. The minimum absolute atomic E-state index is 0.240. The lowest BCUT2D eigenvalue weighted by molar-refractivity contribution is -0.0279. The molecule has 122 valence electrons. The predicted molar refractivity (Wildman–Crippen MR) is 79.2 cm³/mol. The van der Waals surface area contributed by atoms with Crippen molar-refractivity contribution in [1.82, 2.24) is 4.90 Å². The highest BCUT2D eigenvalue weighted by atomic mass is 32.2. The zero-order chi connectivity index (χ0) is 16.2. The van der Waals surface area contributed by atoms with Crippen molar-refractivity contribution in [2.45, 2.75) is 13.0 Å². The molecule has 1 aromatic rings. The van der Waals surface area contributed by atoms with Crippen molar-refractivity contribution >= 4 is 16.2 Å². The van der Waals surface area contributed by atoms with Gasteiger partial charge in [0.1, 0.15) is 11.9 Å². The Balaban J connectivity index is 2.03. The van der Waals surface area contributed by atoms with Gasteiger partial charge < -0.3 is 18.6 Å². The number of nitrogens with zero attached hydrogens (tertiary/aromatic N) is 1. The van der Waals surface area contributed by atoms with E-state index in [0.717, 1.165) is 11.8 Å². The Labute approximate surface area is 129 Å². The molecule has 0 aromatic heterocycles. The van der Waals surface area contributed by atoms with Crippen molar-refractivity contribution in [3.05, 3.63) is 29.8 Å². The number of carbonyl (C=O) groups excluding carboxylic acids is 1. The van der Waals surface area contributed by atoms with Crippen molar-refractivity contribution in [1.29, 1.82) is 0 Å². The second-order valence-corrected chi connectivity index (χ2v) is 6.44. The molecule has 1 amide bonds. The summed E-state index contributed by atoms with van der Waals surface area (Å²) in [6, 6.07) is 6.56. The third-order valence-electron chi connectivity index (χ3n) is 3.09. The normalized spacial score (nSPS) is 18.8. The van der Waals surface area contributed by atoms with Crippen LogP contribution in [0.3, 0.4) is 0 Å². The van der Waals surface area contributed by atoms with Gasteiger partial charge in [-0.25, -0.2) is 4.79 Å². The number of morpholine rings is 1. The van der Waals surface area contributed by atoms with Gasteiger partial charge in [-0.15, -0.1) is 0 Å². The van der Waals surface area contributed by atoms with Crippen molar-refractivity contribution in [3.8, 4) is 5.75 Å². The summed E-state index contributed by atoms with van der Waals surface area (Å²) >= 11 is 0. The van der Waals surface area contributed by atoms with E-state index in [4.69, 9.17) is 13.7 Å². The maximum absolute atomic E-state index is 11.7. The maximum atomic E-state index is 11.7. The van der Waals surface area contributed by atoms with Crippen molar-refractivity contribution < 1.29 is 26.9 Å². The second kappa shape index (κ2) is 6.97. The van der Waals surface area contributed by atoms with Crippen LogP contribution in [-0.4, -0.2) is 52.0 Å². The first kappa shape index (κ1) is 16.6. The highest BCUT2D eigenvalue weighted by Gasteiger charge is 2.26. The van der Waals surface area contributed by atoms with Crippen molar-refractivity contribution in [2.24, 2.45) is 0 Å². The van der Waals surface area contributed by atoms with Gasteiger partial charge in [0.25, 0.3) is 0 Å². The minimum Gasteiger partial charge on any atom is -0.450 e. The van der Waals surface area contributed by atoms with Crippen LogP contribution in [0.4, 0.5) is 4.79 Å². The quantitative estimate of drug-likeness (QED) is 0.780. The molecule has 0 unspecified atom stereocenters. The van der Waals surface area contributed by atoms with Gasteiger partial charge in [0.15, 0.2) is 0 Å². The molecule has 0 radical (unpaired) electrons. The number of benzene rings is 1. The molecule has 7 nitrogen and oxygen atoms in total. The van der Waals surface area contributed by atoms with Gasteiger partial charge >= 0.3 is 16.2 Å². The molecule has 1 aromatic carbocycles. The van der Waals surface area contributed by atoms with Gasteiger partial charge in [-0.1, -0.05) is 12.1 Å². The van der Waals surface area contributed by atoms with E-state index < -0.39 is 10.1 Å². The fourth-order valence-electron chi connectivity index (χ4n) is 2.14. The second-order valence-electron chi connectivity index (χ2n) is 4.86. The largest absolute Gasteiger partial charge is 0.450 e. The van der Waals surface area contributed by atoms with E-state index >= 15 is 0 Å². The lowest BCUT2D eigenvalue weighted by Gasteiger charge is -2.32. The lowest BCUT2D eigenvalue weighted by Crippen LogP contribution is -2.42. The SMILES string of the molecule is CCOC(=O)N1CCO[C@H](c2ccc(OS(C)(=O)=O)cc2)C1. The van der Waals surface area contributed by atoms with Crippen molar-refractivity contribution in [2.75, 3.05) is 32.6 Å². The lowest BCUT2D eigenvalue weighted by atomic mass is 10.1. The Kier molecular flexibility index (Phi) is 5.25. The summed E-state index contributed by atoms with van der Waals surface area (Å²) in [6.07, 6.45) is 0.362. The van der Waals surface area contributed by atoms with Gasteiger partial charge in [-0.05, 0) is 24.6 Å². The van der Waals surface area contributed by atoms with Gasteiger partial charge in [0, 0.05) is 6.54 Å². The van der Waals surface area contributed by atoms with E-state index in [-0.39, 0.29) is 17.9 Å². The number of carbonyl (C=O) groups is 1. The van der Waals surface area contributed by atoms with Crippen LogP contribution in [0.15, 0.2) is 24.3 Å². The third-order valence-corrected chi connectivity index (χ3v) is 3.59. The Morgan fingerprint density at radius 1 is 1.36 bits per heavy atom. The predicted octanol–water partition coefficient (Wildman–Crippen LogP) is 1.55. The minimum atomic E-state index is -3.54. The first-order valence-electron chi connectivity index (χ1n) is 6.92. The van der Waals surface area contributed by atoms with Crippen LogP contribution in [-0.2, 0) is 19.6 Å². The van der Waals surface area contributed by atoms with Gasteiger partial charge in [0.2, 0.25) is 0 Å². The van der Waals surface area contributed by atoms with E-state index in [9.17, 15) is 13.2 Å². The molecule has 0 aliphatic carbocycles. The molecule has 0 bridgehead atoms. The van der Waals surface area contributed by atoms with Crippen LogP contribution in [0.25, 0.3) is 0 Å².